The standard InChI is InChI=1S/C12H23NO3/c1-10-4-7-13(8-5-10)12(2,11(14)15)6-9-16-3/h10H,4-9H2,1-3H3,(H,14,15). The molecule has 0 aromatic carbocycles. The Labute approximate surface area is 97.6 Å². The fourth-order valence-electron chi connectivity index (χ4n) is 2.20. The second kappa shape index (κ2) is 5.64. The Bertz CT molecular complexity index is 236. The van der Waals surface area contributed by atoms with Crippen LogP contribution in [0.1, 0.15) is 33.1 Å². The Hall–Kier alpha value is -0.610. The predicted octanol–water partition coefficient (Wildman–Crippen LogP) is 1.60. The van der Waals surface area contributed by atoms with Gasteiger partial charge in [-0.05, 0) is 45.2 Å². The molecule has 0 spiro atoms. The number of carboxylic acid groups (broad SMARTS) is 1. The van der Waals surface area contributed by atoms with Crippen molar-refractivity contribution in [3.05, 3.63) is 0 Å². The van der Waals surface area contributed by atoms with E-state index >= 15 is 0 Å². The first kappa shape index (κ1) is 13.5. The summed E-state index contributed by atoms with van der Waals surface area (Å²) in [6.45, 7) is 6.30. The minimum atomic E-state index is -0.768. The number of likely N-dealkylation sites (tertiary alicyclic amines) is 1. The van der Waals surface area contributed by atoms with Crippen LogP contribution in [0.3, 0.4) is 0 Å². The predicted molar refractivity (Wildman–Crippen MR) is 62.5 cm³/mol. The van der Waals surface area contributed by atoms with Crippen LogP contribution in [0.2, 0.25) is 0 Å². The summed E-state index contributed by atoms with van der Waals surface area (Å²) in [6.07, 6.45) is 2.74. The van der Waals surface area contributed by atoms with Gasteiger partial charge in [-0.1, -0.05) is 6.92 Å². The van der Waals surface area contributed by atoms with Crippen molar-refractivity contribution in [2.24, 2.45) is 5.92 Å². The monoisotopic (exact) mass is 229 g/mol. The van der Waals surface area contributed by atoms with Crippen LogP contribution in [0.15, 0.2) is 0 Å². The highest BCUT2D eigenvalue weighted by Gasteiger charge is 2.40. The number of hydrogen-bond acceptors (Lipinski definition) is 3. The van der Waals surface area contributed by atoms with Gasteiger partial charge in [0, 0.05) is 13.7 Å². The van der Waals surface area contributed by atoms with Gasteiger partial charge in [-0.15, -0.1) is 0 Å². The normalized spacial score (nSPS) is 22.9. The molecule has 0 aliphatic carbocycles. The molecule has 4 nitrogen and oxygen atoms in total. The van der Waals surface area contributed by atoms with Crippen molar-refractivity contribution < 1.29 is 14.6 Å². The fourth-order valence-corrected chi connectivity index (χ4v) is 2.20. The molecule has 4 heteroatoms. The van der Waals surface area contributed by atoms with Crippen molar-refractivity contribution in [1.82, 2.24) is 4.90 Å². The Morgan fingerprint density at radius 2 is 2.06 bits per heavy atom. The Morgan fingerprint density at radius 1 is 1.50 bits per heavy atom. The summed E-state index contributed by atoms with van der Waals surface area (Å²) in [5, 5.41) is 9.38. The van der Waals surface area contributed by atoms with Crippen molar-refractivity contribution >= 4 is 5.97 Å². The minimum Gasteiger partial charge on any atom is -0.480 e. The smallest absolute Gasteiger partial charge is 0.323 e. The molecule has 0 radical (unpaired) electrons. The van der Waals surface area contributed by atoms with E-state index in [0.717, 1.165) is 31.8 Å². The van der Waals surface area contributed by atoms with Crippen LogP contribution in [-0.2, 0) is 9.53 Å². The maximum absolute atomic E-state index is 11.4. The number of piperidine rings is 1. The van der Waals surface area contributed by atoms with E-state index in [9.17, 15) is 9.90 Å². The second-order valence-corrected chi connectivity index (χ2v) is 4.99. The van der Waals surface area contributed by atoms with Gasteiger partial charge in [0.05, 0.1) is 0 Å². The highest BCUT2D eigenvalue weighted by molar-refractivity contribution is 5.78. The SMILES string of the molecule is COCCC(C)(C(=O)O)N1CCC(C)CC1. The van der Waals surface area contributed by atoms with Crippen LogP contribution >= 0.6 is 0 Å². The number of hydrogen-bond donors (Lipinski definition) is 1. The lowest BCUT2D eigenvalue weighted by Crippen LogP contribution is -2.55. The van der Waals surface area contributed by atoms with Gasteiger partial charge in [-0.2, -0.15) is 0 Å². The van der Waals surface area contributed by atoms with E-state index in [1.807, 2.05) is 6.92 Å². The molecule has 0 saturated carbocycles. The lowest BCUT2D eigenvalue weighted by Gasteiger charge is -2.41. The summed E-state index contributed by atoms with van der Waals surface area (Å²) < 4.78 is 5.01. The Morgan fingerprint density at radius 3 is 2.50 bits per heavy atom. The van der Waals surface area contributed by atoms with Crippen molar-refractivity contribution in [1.29, 1.82) is 0 Å². The van der Waals surface area contributed by atoms with Crippen LogP contribution in [0.25, 0.3) is 0 Å². The third-order valence-electron chi connectivity index (χ3n) is 3.74. The van der Waals surface area contributed by atoms with Crippen LogP contribution in [-0.4, -0.2) is 48.3 Å². The number of ether oxygens (including phenoxy) is 1. The van der Waals surface area contributed by atoms with Gasteiger partial charge in [-0.25, -0.2) is 0 Å². The molecule has 1 saturated heterocycles. The third-order valence-corrected chi connectivity index (χ3v) is 3.74. The zero-order valence-electron chi connectivity index (χ0n) is 10.5. The zero-order valence-corrected chi connectivity index (χ0v) is 10.5. The van der Waals surface area contributed by atoms with Gasteiger partial charge in [-0.3, -0.25) is 9.69 Å². The van der Waals surface area contributed by atoms with Crippen LogP contribution in [0.5, 0.6) is 0 Å². The number of carboxylic acids is 1. The highest BCUT2D eigenvalue weighted by atomic mass is 16.5. The molecule has 0 aromatic heterocycles. The number of rotatable bonds is 5. The van der Waals surface area contributed by atoms with Crippen molar-refractivity contribution in [2.75, 3.05) is 26.8 Å². The van der Waals surface area contributed by atoms with E-state index in [4.69, 9.17) is 4.74 Å². The van der Waals surface area contributed by atoms with E-state index in [-0.39, 0.29) is 0 Å². The van der Waals surface area contributed by atoms with Crippen molar-refractivity contribution in [3.8, 4) is 0 Å². The van der Waals surface area contributed by atoms with E-state index in [1.165, 1.54) is 0 Å². The molecular formula is C12H23NO3. The van der Waals surface area contributed by atoms with Gasteiger partial charge in [0.1, 0.15) is 5.54 Å². The van der Waals surface area contributed by atoms with E-state index in [0.29, 0.717) is 13.0 Å². The summed E-state index contributed by atoms with van der Waals surface area (Å²) in [5.41, 5.74) is -0.768. The molecule has 0 bridgehead atoms. The maximum Gasteiger partial charge on any atom is 0.323 e. The molecule has 1 unspecified atom stereocenters. The van der Waals surface area contributed by atoms with Gasteiger partial charge in [0.25, 0.3) is 0 Å². The van der Waals surface area contributed by atoms with E-state index in [1.54, 1.807) is 7.11 Å². The molecule has 1 atom stereocenters. The van der Waals surface area contributed by atoms with Crippen molar-refractivity contribution in [3.63, 3.8) is 0 Å². The van der Waals surface area contributed by atoms with Gasteiger partial charge >= 0.3 is 5.97 Å². The first-order valence-corrected chi connectivity index (χ1v) is 5.98. The summed E-state index contributed by atoms with van der Waals surface area (Å²) in [5.74, 6) is -0.0178. The molecule has 0 aromatic rings. The first-order valence-electron chi connectivity index (χ1n) is 5.98. The average Bonchev–Trinajstić information content (AvgIpc) is 2.26. The van der Waals surface area contributed by atoms with Crippen LogP contribution in [0.4, 0.5) is 0 Å². The molecule has 0 amide bonds. The van der Waals surface area contributed by atoms with E-state index in [2.05, 4.69) is 11.8 Å². The molecule has 1 fully saturated rings. The van der Waals surface area contributed by atoms with Crippen LogP contribution in [0, 0.1) is 5.92 Å². The Kier molecular flexibility index (Phi) is 4.74. The fraction of sp³-hybridized carbons (Fsp3) is 0.917. The average molecular weight is 229 g/mol. The summed E-state index contributed by atoms with van der Waals surface area (Å²) >= 11 is 0. The maximum atomic E-state index is 11.4. The van der Waals surface area contributed by atoms with Gasteiger partial charge < -0.3 is 9.84 Å². The second-order valence-electron chi connectivity index (χ2n) is 4.99. The Balaban J connectivity index is 2.65. The first-order chi connectivity index (χ1) is 7.50. The van der Waals surface area contributed by atoms with E-state index < -0.39 is 11.5 Å². The van der Waals surface area contributed by atoms with Gasteiger partial charge in [0.2, 0.25) is 0 Å². The molecule has 1 N–H and O–H groups in total. The number of methoxy groups -OCH3 is 1. The molecule has 1 aliphatic rings. The molecule has 1 aliphatic heterocycles. The number of aliphatic carboxylic acids is 1. The summed E-state index contributed by atoms with van der Waals surface area (Å²) in [6, 6.07) is 0. The third kappa shape index (κ3) is 2.95. The molecule has 94 valence electrons. The zero-order chi connectivity index (χ0) is 12.2. The van der Waals surface area contributed by atoms with Crippen LogP contribution < -0.4 is 0 Å². The molecule has 1 rings (SSSR count). The highest BCUT2D eigenvalue weighted by Crippen LogP contribution is 2.26. The molecule has 1 heterocycles. The number of carbonyl (C=O) groups is 1. The summed E-state index contributed by atoms with van der Waals surface area (Å²) in [4.78, 5) is 13.5. The quantitative estimate of drug-likeness (QED) is 0.778. The van der Waals surface area contributed by atoms with Crippen molar-refractivity contribution in [2.45, 2.75) is 38.6 Å². The minimum absolute atomic E-state index is 0.495. The lowest BCUT2D eigenvalue weighted by molar-refractivity contribution is -0.153. The largest absolute Gasteiger partial charge is 0.480 e. The molecular weight excluding hydrogens is 206 g/mol. The lowest BCUT2D eigenvalue weighted by atomic mass is 9.90. The topological polar surface area (TPSA) is 49.8 Å². The molecule has 16 heavy (non-hydrogen) atoms. The summed E-state index contributed by atoms with van der Waals surface area (Å²) in [7, 11) is 1.61. The van der Waals surface area contributed by atoms with Gasteiger partial charge in [0.15, 0.2) is 0 Å². The number of nitrogens with zero attached hydrogens (tertiary/aromatic N) is 1.